The first kappa shape index (κ1) is 13.8. The van der Waals surface area contributed by atoms with Crippen molar-refractivity contribution in [3.63, 3.8) is 0 Å². The number of thioether (sulfide) groups is 1. The molecule has 0 bridgehead atoms. The van der Waals surface area contributed by atoms with E-state index < -0.39 is 0 Å². The first-order valence-electron chi connectivity index (χ1n) is 5.38. The molecular formula is C12H18ClNOS. The lowest BCUT2D eigenvalue weighted by atomic mass is 10.2. The van der Waals surface area contributed by atoms with Crippen LogP contribution in [0, 0.1) is 0 Å². The molecule has 0 aliphatic carbocycles. The molecule has 0 radical (unpaired) electrons. The van der Waals surface area contributed by atoms with Crippen LogP contribution in [0.5, 0.6) is 0 Å². The quantitative estimate of drug-likeness (QED) is 0.771. The molecule has 1 aromatic rings. The minimum atomic E-state index is 0.236. The van der Waals surface area contributed by atoms with Gasteiger partial charge in [0.25, 0.3) is 0 Å². The van der Waals surface area contributed by atoms with Gasteiger partial charge in [-0.15, -0.1) is 11.8 Å². The first-order valence-corrected chi connectivity index (χ1v) is 6.63. The zero-order valence-electron chi connectivity index (χ0n) is 9.66. The highest BCUT2D eigenvalue weighted by molar-refractivity contribution is 7.99. The molecule has 4 heteroatoms. The monoisotopic (exact) mass is 259 g/mol. The predicted octanol–water partition coefficient (Wildman–Crippen LogP) is 2.92. The Morgan fingerprint density at radius 3 is 2.81 bits per heavy atom. The summed E-state index contributed by atoms with van der Waals surface area (Å²) in [7, 11) is 1.91. The third-order valence-electron chi connectivity index (χ3n) is 2.26. The molecule has 0 amide bonds. The highest BCUT2D eigenvalue weighted by Gasteiger charge is 2.06. The Morgan fingerprint density at radius 1 is 1.50 bits per heavy atom. The number of aliphatic hydroxyl groups is 1. The Hall–Kier alpha value is -0.220. The number of nitrogens with one attached hydrogen (secondary N) is 1. The maximum atomic E-state index is 8.84. The molecule has 1 rings (SSSR count). The van der Waals surface area contributed by atoms with Crippen LogP contribution in [0.15, 0.2) is 23.1 Å². The van der Waals surface area contributed by atoms with Crippen molar-refractivity contribution >= 4 is 23.4 Å². The van der Waals surface area contributed by atoms with Gasteiger partial charge in [-0.25, -0.2) is 0 Å². The van der Waals surface area contributed by atoms with Gasteiger partial charge in [0, 0.05) is 28.3 Å². The van der Waals surface area contributed by atoms with E-state index in [9.17, 15) is 0 Å². The Bertz CT molecular complexity index is 333. The van der Waals surface area contributed by atoms with E-state index in [1.807, 2.05) is 19.2 Å². The molecule has 1 unspecified atom stereocenters. The number of hydrogen-bond acceptors (Lipinski definition) is 3. The van der Waals surface area contributed by atoms with Gasteiger partial charge >= 0.3 is 0 Å². The van der Waals surface area contributed by atoms with Crippen LogP contribution >= 0.6 is 23.4 Å². The van der Waals surface area contributed by atoms with Gasteiger partial charge in [0.15, 0.2) is 0 Å². The van der Waals surface area contributed by atoms with Crippen molar-refractivity contribution in [3.05, 3.63) is 28.8 Å². The van der Waals surface area contributed by atoms with E-state index in [0.717, 1.165) is 28.4 Å². The summed E-state index contributed by atoms with van der Waals surface area (Å²) in [6, 6.07) is 6.12. The second kappa shape index (κ2) is 7.17. The third-order valence-corrected chi connectivity index (χ3v) is 3.78. The van der Waals surface area contributed by atoms with Crippen molar-refractivity contribution < 1.29 is 5.11 Å². The topological polar surface area (TPSA) is 32.3 Å². The van der Waals surface area contributed by atoms with Gasteiger partial charge in [0.2, 0.25) is 0 Å². The van der Waals surface area contributed by atoms with Crippen molar-refractivity contribution in [2.24, 2.45) is 0 Å². The molecule has 1 aromatic carbocycles. The van der Waals surface area contributed by atoms with Crippen LogP contribution in [-0.2, 0) is 6.54 Å². The summed E-state index contributed by atoms with van der Waals surface area (Å²) in [6.45, 7) is 3.13. The second-order valence-electron chi connectivity index (χ2n) is 3.72. The molecule has 0 heterocycles. The molecule has 2 nitrogen and oxygen atoms in total. The average molecular weight is 260 g/mol. The molecule has 0 saturated carbocycles. The van der Waals surface area contributed by atoms with Gasteiger partial charge in [-0.05, 0) is 31.2 Å². The molecular weight excluding hydrogens is 242 g/mol. The van der Waals surface area contributed by atoms with E-state index in [1.54, 1.807) is 11.8 Å². The summed E-state index contributed by atoms with van der Waals surface area (Å²) in [6.07, 6.45) is 0.806. The molecule has 0 aromatic heterocycles. The van der Waals surface area contributed by atoms with Gasteiger partial charge in [-0.1, -0.05) is 24.6 Å². The lowest BCUT2D eigenvalue weighted by molar-refractivity contribution is 0.289. The third kappa shape index (κ3) is 4.34. The number of halogens is 1. The molecule has 90 valence electrons. The van der Waals surface area contributed by atoms with Crippen molar-refractivity contribution in [1.82, 2.24) is 5.32 Å². The molecule has 0 saturated heterocycles. The first-order chi connectivity index (χ1) is 7.67. The fraction of sp³-hybridized carbons (Fsp3) is 0.500. The molecule has 0 spiro atoms. The minimum absolute atomic E-state index is 0.236. The summed E-state index contributed by atoms with van der Waals surface area (Å²) >= 11 is 7.91. The predicted molar refractivity (Wildman–Crippen MR) is 71.2 cm³/mol. The largest absolute Gasteiger partial charge is 0.396 e. The lowest BCUT2D eigenvalue weighted by Gasteiger charge is -2.11. The van der Waals surface area contributed by atoms with E-state index in [2.05, 4.69) is 18.3 Å². The molecule has 2 N–H and O–H groups in total. The number of hydrogen-bond donors (Lipinski definition) is 2. The zero-order chi connectivity index (χ0) is 12.0. The van der Waals surface area contributed by atoms with Crippen molar-refractivity contribution in [2.75, 3.05) is 13.7 Å². The average Bonchev–Trinajstić information content (AvgIpc) is 2.22. The maximum Gasteiger partial charge on any atom is 0.0462 e. The Balaban J connectivity index is 2.65. The van der Waals surface area contributed by atoms with Crippen molar-refractivity contribution in [3.8, 4) is 0 Å². The van der Waals surface area contributed by atoms with Crippen LogP contribution in [0.1, 0.15) is 18.9 Å². The van der Waals surface area contributed by atoms with E-state index in [0.29, 0.717) is 5.25 Å². The van der Waals surface area contributed by atoms with Crippen LogP contribution < -0.4 is 5.32 Å². The standard InChI is InChI=1S/C12H18ClNOS/c1-9(5-6-15)16-11-4-3-10(8-14-2)12(13)7-11/h3-4,7,9,14-15H,5-6,8H2,1-2H3. The minimum Gasteiger partial charge on any atom is -0.396 e. The van der Waals surface area contributed by atoms with Gasteiger partial charge in [0.05, 0.1) is 0 Å². The van der Waals surface area contributed by atoms with Crippen molar-refractivity contribution in [2.45, 2.75) is 30.0 Å². The summed E-state index contributed by atoms with van der Waals surface area (Å²) in [5.41, 5.74) is 1.11. The highest BCUT2D eigenvalue weighted by atomic mass is 35.5. The van der Waals surface area contributed by atoms with Crippen molar-refractivity contribution in [1.29, 1.82) is 0 Å². The number of rotatable bonds is 6. The molecule has 1 atom stereocenters. The second-order valence-corrected chi connectivity index (χ2v) is 5.64. The van der Waals surface area contributed by atoms with E-state index in [-0.39, 0.29) is 6.61 Å². The molecule has 0 fully saturated rings. The van der Waals surface area contributed by atoms with Crippen LogP contribution in [0.25, 0.3) is 0 Å². The smallest absolute Gasteiger partial charge is 0.0462 e. The van der Waals surface area contributed by atoms with Gasteiger partial charge in [0.1, 0.15) is 0 Å². The van der Waals surface area contributed by atoms with Gasteiger partial charge in [-0.3, -0.25) is 0 Å². The Labute approximate surface area is 106 Å². The highest BCUT2D eigenvalue weighted by Crippen LogP contribution is 2.29. The van der Waals surface area contributed by atoms with Crippen LogP contribution in [0.3, 0.4) is 0 Å². The van der Waals surface area contributed by atoms with Crippen LogP contribution in [0.4, 0.5) is 0 Å². The fourth-order valence-electron chi connectivity index (χ4n) is 1.41. The SMILES string of the molecule is CNCc1ccc(SC(C)CCO)cc1Cl. The molecule has 0 aliphatic rings. The van der Waals surface area contributed by atoms with Gasteiger partial charge in [-0.2, -0.15) is 0 Å². The molecule has 16 heavy (non-hydrogen) atoms. The maximum absolute atomic E-state index is 8.84. The van der Waals surface area contributed by atoms with Crippen LogP contribution in [-0.4, -0.2) is 24.0 Å². The molecule has 0 aliphatic heterocycles. The Morgan fingerprint density at radius 2 is 2.25 bits per heavy atom. The lowest BCUT2D eigenvalue weighted by Crippen LogP contribution is -2.05. The normalized spacial score (nSPS) is 12.8. The van der Waals surface area contributed by atoms with E-state index >= 15 is 0 Å². The van der Waals surface area contributed by atoms with Crippen LogP contribution in [0.2, 0.25) is 5.02 Å². The summed E-state index contributed by atoms with van der Waals surface area (Å²) < 4.78 is 0. The number of benzene rings is 1. The summed E-state index contributed by atoms with van der Waals surface area (Å²) in [5, 5.41) is 13.1. The summed E-state index contributed by atoms with van der Waals surface area (Å²) in [4.78, 5) is 1.16. The Kier molecular flexibility index (Phi) is 6.21. The summed E-state index contributed by atoms with van der Waals surface area (Å²) in [5.74, 6) is 0. The van der Waals surface area contributed by atoms with E-state index in [4.69, 9.17) is 16.7 Å². The van der Waals surface area contributed by atoms with E-state index in [1.165, 1.54) is 0 Å². The zero-order valence-corrected chi connectivity index (χ0v) is 11.2. The number of aliphatic hydroxyl groups excluding tert-OH is 1. The van der Waals surface area contributed by atoms with Gasteiger partial charge < -0.3 is 10.4 Å². The fourth-order valence-corrected chi connectivity index (χ4v) is 2.74.